The highest BCUT2D eigenvalue weighted by atomic mass is 35.5. The summed E-state index contributed by atoms with van der Waals surface area (Å²) in [6, 6.07) is 11.8. The number of aromatic nitrogens is 5. The van der Waals surface area contributed by atoms with E-state index in [0.29, 0.717) is 17.9 Å². The number of aryl methyl sites for hydroxylation is 3. The molecule has 2 aliphatic rings. The molecule has 204 valence electrons. The van der Waals surface area contributed by atoms with Crippen molar-refractivity contribution in [3.05, 3.63) is 79.9 Å². The van der Waals surface area contributed by atoms with Crippen LogP contribution in [0, 0.1) is 20.8 Å². The van der Waals surface area contributed by atoms with Crippen molar-refractivity contribution >= 4 is 28.2 Å². The lowest BCUT2D eigenvalue weighted by Gasteiger charge is -2.40. The molecule has 0 spiro atoms. The lowest BCUT2D eigenvalue weighted by Crippen LogP contribution is -2.49. The van der Waals surface area contributed by atoms with E-state index < -0.39 is 6.04 Å². The maximum atomic E-state index is 13.6. The first-order valence-corrected chi connectivity index (χ1v) is 14.0. The molecule has 39 heavy (non-hydrogen) atoms. The predicted molar refractivity (Wildman–Crippen MR) is 153 cm³/mol. The molecule has 4 heterocycles. The third-order valence-electron chi connectivity index (χ3n) is 8.03. The van der Waals surface area contributed by atoms with Crippen LogP contribution in [0.1, 0.15) is 47.0 Å². The fraction of sp³-hybridized carbons (Fsp3) is 0.448. The van der Waals surface area contributed by atoms with E-state index in [1.165, 1.54) is 5.56 Å². The van der Waals surface area contributed by atoms with Gasteiger partial charge in [-0.15, -0.1) is 5.10 Å². The van der Waals surface area contributed by atoms with Gasteiger partial charge in [0.05, 0.1) is 12.6 Å². The molecule has 6 rings (SSSR count). The van der Waals surface area contributed by atoms with Crippen LogP contribution in [0.3, 0.4) is 0 Å². The van der Waals surface area contributed by atoms with Crippen LogP contribution < -0.4 is 10.5 Å². The van der Waals surface area contributed by atoms with Crippen molar-refractivity contribution < 1.29 is 4.74 Å². The molecule has 2 aliphatic heterocycles. The number of aromatic amines is 1. The summed E-state index contributed by atoms with van der Waals surface area (Å²) >= 11 is 6.33. The first kappa shape index (κ1) is 26.0. The molecular weight excluding hydrogens is 514 g/mol. The van der Waals surface area contributed by atoms with Crippen molar-refractivity contribution in [3.63, 3.8) is 0 Å². The van der Waals surface area contributed by atoms with E-state index in [9.17, 15) is 4.79 Å². The number of anilines is 1. The second-order valence-electron chi connectivity index (χ2n) is 10.8. The number of H-pyrrole nitrogens is 1. The molecule has 9 nitrogen and oxygen atoms in total. The number of fused-ring (bicyclic) bond motifs is 1. The van der Waals surface area contributed by atoms with Gasteiger partial charge in [0.25, 0.3) is 5.56 Å². The third-order valence-corrected chi connectivity index (χ3v) is 8.27. The maximum Gasteiger partial charge on any atom is 0.253 e. The quantitative estimate of drug-likeness (QED) is 0.387. The first-order chi connectivity index (χ1) is 18.9. The van der Waals surface area contributed by atoms with E-state index >= 15 is 0 Å². The van der Waals surface area contributed by atoms with Gasteiger partial charge in [0.2, 0.25) is 0 Å². The van der Waals surface area contributed by atoms with Gasteiger partial charge in [-0.3, -0.25) is 9.69 Å². The fourth-order valence-corrected chi connectivity index (χ4v) is 6.22. The molecule has 0 radical (unpaired) electrons. The van der Waals surface area contributed by atoms with Gasteiger partial charge in [0.1, 0.15) is 6.04 Å². The Labute approximate surface area is 232 Å². The lowest BCUT2D eigenvalue weighted by atomic mass is 9.99. The normalized spacial score (nSPS) is 19.2. The number of hydrogen-bond acceptors (Lipinski definition) is 7. The summed E-state index contributed by atoms with van der Waals surface area (Å²) in [7, 11) is 0. The van der Waals surface area contributed by atoms with Crippen molar-refractivity contribution in [3.8, 4) is 0 Å². The smallest absolute Gasteiger partial charge is 0.253 e. The van der Waals surface area contributed by atoms with Gasteiger partial charge >= 0.3 is 0 Å². The summed E-state index contributed by atoms with van der Waals surface area (Å²) in [5.41, 5.74) is 5.98. The molecule has 0 amide bonds. The van der Waals surface area contributed by atoms with Crippen molar-refractivity contribution in [2.24, 2.45) is 0 Å². The number of ether oxygens (including phenoxy) is 1. The molecular formula is C29H34ClN7O2. The zero-order chi connectivity index (χ0) is 27.1. The molecule has 0 unspecified atom stereocenters. The van der Waals surface area contributed by atoms with Gasteiger partial charge < -0.3 is 14.6 Å². The van der Waals surface area contributed by atoms with E-state index in [4.69, 9.17) is 16.3 Å². The minimum absolute atomic E-state index is 0.0793. The van der Waals surface area contributed by atoms with E-state index in [1.54, 1.807) is 0 Å². The van der Waals surface area contributed by atoms with Gasteiger partial charge in [0.15, 0.2) is 5.82 Å². The largest absolute Gasteiger partial charge is 0.376 e. The van der Waals surface area contributed by atoms with Crippen LogP contribution in [-0.4, -0.2) is 69.0 Å². The summed E-state index contributed by atoms with van der Waals surface area (Å²) < 4.78 is 7.72. The van der Waals surface area contributed by atoms with Crippen LogP contribution in [0.15, 0.2) is 41.2 Å². The highest BCUT2D eigenvalue weighted by molar-refractivity contribution is 6.30. The first-order valence-electron chi connectivity index (χ1n) is 13.6. The Morgan fingerprint density at radius 3 is 2.67 bits per heavy atom. The maximum absolute atomic E-state index is 13.6. The number of tetrazole rings is 1. The molecule has 2 aromatic carbocycles. The molecule has 0 saturated carbocycles. The molecule has 0 aliphatic carbocycles. The van der Waals surface area contributed by atoms with Gasteiger partial charge in [-0.2, -0.15) is 0 Å². The summed E-state index contributed by atoms with van der Waals surface area (Å²) in [6.45, 7) is 10.7. The van der Waals surface area contributed by atoms with Gasteiger partial charge in [0, 0.05) is 60.0 Å². The molecule has 10 heteroatoms. The second-order valence-corrected chi connectivity index (χ2v) is 11.2. The van der Waals surface area contributed by atoms with Crippen molar-refractivity contribution in [2.75, 3.05) is 37.7 Å². The fourth-order valence-electron chi connectivity index (χ4n) is 6.05. The van der Waals surface area contributed by atoms with Crippen LogP contribution in [-0.2, 0) is 11.3 Å². The monoisotopic (exact) mass is 547 g/mol. The number of halogens is 1. The Hall–Kier alpha value is -3.27. The van der Waals surface area contributed by atoms with E-state index in [1.807, 2.05) is 35.9 Å². The minimum atomic E-state index is -0.391. The summed E-state index contributed by atoms with van der Waals surface area (Å²) in [4.78, 5) is 21.5. The zero-order valence-corrected chi connectivity index (χ0v) is 23.4. The molecule has 4 aromatic rings. The lowest BCUT2D eigenvalue weighted by molar-refractivity contribution is 0.0906. The number of piperazine rings is 1. The zero-order valence-electron chi connectivity index (χ0n) is 22.7. The summed E-state index contributed by atoms with van der Waals surface area (Å²) in [5, 5.41) is 14.7. The van der Waals surface area contributed by atoms with Gasteiger partial charge in [-0.05, 0) is 85.0 Å². The van der Waals surface area contributed by atoms with Crippen molar-refractivity contribution in [2.45, 2.75) is 52.3 Å². The van der Waals surface area contributed by atoms with Gasteiger partial charge in [-0.25, -0.2) is 4.68 Å². The number of nitrogens with one attached hydrogen (secondary N) is 1. The Morgan fingerprint density at radius 1 is 1.08 bits per heavy atom. The standard InChI is InChI=1S/C29H34ClN7O2/c1-18-13-20(3)23-16-24(29(38)31-25(23)14-18)27(28-32-33-34-37(28)17-22-5-4-12-39-22)36-10-8-35(9-11-36)26-15-21(30)7-6-19(26)2/h6-7,13-16,22,27H,4-5,8-12,17H2,1-3H3,(H,31,38)/t22-,27-/m0/s1. The molecule has 2 atom stereocenters. The van der Waals surface area contributed by atoms with E-state index in [0.717, 1.165) is 78.4 Å². The Bertz CT molecular complexity index is 1550. The average molecular weight is 548 g/mol. The number of pyridine rings is 1. The minimum Gasteiger partial charge on any atom is -0.376 e. The number of rotatable bonds is 6. The number of hydrogen-bond donors (Lipinski definition) is 1. The molecule has 0 bridgehead atoms. The number of nitrogens with zero attached hydrogens (tertiary/aromatic N) is 6. The van der Waals surface area contributed by atoms with Crippen molar-refractivity contribution in [1.82, 2.24) is 30.1 Å². The third kappa shape index (κ3) is 5.18. The highest BCUT2D eigenvalue weighted by Crippen LogP contribution is 2.31. The van der Waals surface area contributed by atoms with Crippen molar-refractivity contribution in [1.29, 1.82) is 0 Å². The van der Waals surface area contributed by atoms with Gasteiger partial charge in [-0.1, -0.05) is 23.7 Å². The average Bonchev–Trinajstić information content (AvgIpc) is 3.59. The Kier molecular flexibility index (Phi) is 7.14. The summed E-state index contributed by atoms with van der Waals surface area (Å²) in [6.07, 6.45) is 2.10. The molecule has 1 N–H and O–H groups in total. The van der Waals surface area contributed by atoms with E-state index in [2.05, 4.69) is 56.3 Å². The van der Waals surface area contributed by atoms with Crippen LogP contribution >= 0.6 is 11.6 Å². The topological polar surface area (TPSA) is 92.2 Å². The molecule has 2 fully saturated rings. The molecule has 2 saturated heterocycles. The van der Waals surface area contributed by atoms with Crippen LogP contribution in [0.5, 0.6) is 0 Å². The van der Waals surface area contributed by atoms with Crippen LogP contribution in [0.4, 0.5) is 5.69 Å². The Morgan fingerprint density at radius 2 is 1.90 bits per heavy atom. The molecule has 2 aromatic heterocycles. The van der Waals surface area contributed by atoms with Crippen LogP contribution in [0.2, 0.25) is 5.02 Å². The second kappa shape index (κ2) is 10.7. The number of benzene rings is 2. The van der Waals surface area contributed by atoms with Crippen LogP contribution in [0.25, 0.3) is 10.9 Å². The summed E-state index contributed by atoms with van der Waals surface area (Å²) in [5.74, 6) is 0.674. The predicted octanol–water partition coefficient (Wildman–Crippen LogP) is 4.18. The highest BCUT2D eigenvalue weighted by Gasteiger charge is 2.34. The SMILES string of the molecule is Cc1cc(C)c2cc([C@@H](c3nnnn3C[C@@H]3CCCO3)N3CCN(c4cc(Cl)ccc4C)CC3)c(=O)[nH]c2c1. The van der Waals surface area contributed by atoms with E-state index in [-0.39, 0.29) is 11.7 Å². The Balaban J connectivity index is 1.38.